The van der Waals surface area contributed by atoms with Crippen molar-refractivity contribution >= 4 is 0 Å². The third kappa shape index (κ3) is 2.98. The third-order valence-corrected chi connectivity index (χ3v) is 2.04. The van der Waals surface area contributed by atoms with Crippen LogP contribution in [0.3, 0.4) is 0 Å². The average molecular weight is 214 g/mol. The quantitative estimate of drug-likeness (QED) is 0.651. The van der Waals surface area contributed by atoms with E-state index in [1.807, 2.05) is 0 Å². The van der Waals surface area contributed by atoms with Gasteiger partial charge in [0.2, 0.25) is 0 Å². The molecule has 1 fully saturated rings. The van der Waals surface area contributed by atoms with Crippen molar-refractivity contribution in [1.82, 2.24) is 5.32 Å². The van der Waals surface area contributed by atoms with Gasteiger partial charge in [0.25, 0.3) is 0 Å². The molecule has 2 atom stereocenters. The fourth-order valence-corrected chi connectivity index (χ4v) is 1.36. The Balaban J connectivity index is 0.000000810. The summed E-state index contributed by atoms with van der Waals surface area (Å²) in [5, 5.41) is 3.39. The Bertz CT molecular complexity index is 85.3. The van der Waals surface area contributed by atoms with Gasteiger partial charge < -0.3 is 19.2 Å². The second-order valence-corrected chi connectivity index (χ2v) is 2.75. The minimum Gasteiger partial charge on any atom is -0.342 e. The number of rotatable bonds is 1. The molecule has 0 saturated carbocycles. The first-order valence-electron chi connectivity index (χ1n) is 3.70. The first-order valence-corrected chi connectivity index (χ1v) is 3.70. The molecule has 0 amide bonds. The molecule has 1 heterocycles. The average Bonchev–Trinajstić information content (AvgIpc) is 1.89. The van der Waals surface area contributed by atoms with Gasteiger partial charge in [-0.05, 0) is 19.0 Å². The van der Waals surface area contributed by atoms with Crippen molar-refractivity contribution in [3.8, 4) is 0 Å². The van der Waals surface area contributed by atoms with E-state index in [1.54, 1.807) is 0 Å². The molecule has 0 spiro atoms. The van der Waals surface area contributed by atoms with Crippen molar-refractivity contribution in [3.63, 3.8) is 0 Å². The molecule has 1 radical (unpaired) electrons. The number of hydrogen-bond acceptors (Lipinski definition) is 1. The van der Waals surface area contributed by atoms with Gasteiger partial charge in [-0.15, -0.1) is 0 Å². The SMILES string of the molecule is [CH2-]CC1NCCCC1[CH2-].[Y]. The number of nitrogens with one attached hydrogen (secondary N) is 1. The summed E-state index contributed by atoms with van der Waals surface area (Å²) in [6, 6.07) is 0.582. The molecular weight excluding hydrogens is 199 g/mol. The predicted octanol–water partition coefficient (Wildman–Crippen LogP) is 1.41. The molecule has 0 bridgehead atoms. The van der Waals surface area contributed by atoms with Crippen molar-refractivity contribution < 1.29 is 32.7 Å². The number of hydrogen-bond donors (Lipinski definition) is 1. The Labute approximate surface area is 89.2 Å². The summed E-state index contributed by atoms with van der Waals surface area (Å²) in [7, 11) is 0. The summed E-state index contributed by atoms with van der Waals surface area (Å²) in [5.41, 5.74) is 0. The minimum absolute atomic E-state index is 0. The zero-order valence-electron chi connectivity index (χ0n) is 6.47. The van der Waals surface area contributed by atoms with Crippen LogP contribution < -0.4 is 5.32 Å². The molecule has 57 valence electrons. The second-order valence-electron chi connectivity index (χ2n) is 2.75. The molecule has 0 aromatic rings. The van der Waals surface area contributed by atoms with Crippen LogP contribution in [0.5, 0.6) is 0 Å². The maximum atomic E-state index is 4.05. The van der Waals surface area contributed by atoms with E-state index in [0.717, 1.165) is 13.0 Å². The summed E-state index contributed by atoms with van der Waals surface area (Å²) in [6.07, 6.45) is 3.53. The summed E-state index contributed by atoms with van der Waals surface area (Å²) >= 11 is 0. The second kappa shape index (κ2) is 5.68. The Hall–Kier alpha value is 1.06. The largest absolute Gasteiger partial charge is 0.342 e. The van der Waals surface area contributed by atoms with Crippen LogP contribution in [0.25, 0.3) is 0 Å². The standard InChI is InChI=1S/C8H15N.Y/c1-3-8-7(2)5-4-6-9-8;/h7-9H,1-6H2;/q-2;. The molecule has 10 heavy (non-hydrogen) atoms. The van der Waals surface area contributed by atoms with Crippen LogP contribution in [0.4, 0.5) is 0 Å². The van der Waals surface area contributed by atoms with Crippen molar-refractivity contribution in [2.45, 2.75) is 25.3 Å². The Kier molecular flexibility index (Phi) is 6.29. The van der Waals surface area contributed by atoms with E-state index in [9.17, 15) is 0 Å². The van der Waals surface area contributed by atoms with Crippen molar-refractivity contribution in [1.29, 1.82) is 0 Å². The number of piperidine rings is 1. The molecule has 2 heteroatoms. The Morgan fingerprint density at radius 3 is 2.60 bits per heavy atom. The van der Waals surface area contributed by atoms with Gasteiger partial charge in [0.05, 0.1) is 0 Å². The third-order valence-electron chi connectivity index (χ3n) is 2.04. The summed E-state index contributed by atoms with van der Waals surface area (Å²) < 4.78 is 0. The molecule has 2 unspecified atom stereocenters. The Morgan fingerprint density at radius 2 is 2.20 bits per heavy atom. The van der Waals surface area contributed by atoms with Crippen LogP contribution in [0.1, 0.15) is 19.3 Å². The van der Waals surface area contributed by atoms with Crippen LogP contribution in [-0.4, -0.2) is 12.6 Å². The zero-order valence-corrected chi connectivity index (χ0v) is 9.31. The molecule has 1 nitrogen and oxygen atoms in total. The molecule has 0 aromatic carbocycles. The van der Waals surface area contributed by atoms with Crippen LogP contribution in [0.2, 0.25) is 0 Å². The monoisotopic (exact) mass is 214 g/mol. The van der Waals surface area contributed by atoms with Gasteiger partial charge in [-0.25, -0.2) is 0 Å². The maximum Gasteiger partial charge on any atom is 0 e. The van der Waals surface area contributed by atoms with Gasteiger partial charge in [0.15, 0.2) is 0 Å². The van der Waals surface area contributed by atoms with Crippen molar-refractivity contribution in [3.05, 3.63) is 13.8 Å². The van der Waals surface area contributed by atoms with E-state index in [2.05, 4.69) is 19.2 Å². The minimum atomic E-state index is 0. The van der Waals surface area contributed by atoms with E-state index < -0.39 is 0 Å². The fourth-order valence-electron chi connectivity index (χ4n) is 1.36. The maximum absolute atomic E-state index is 4.05. The van der Waals surface area contributed by atoms with E-state index in [-0.39, 0.29) is 32.7 Å². The van der Waals surface area contributed by atoms with Crippen LogP contribution >= 0.6 is 0 Å². The summed E-state index contributed by atoms with van der Waals surface area (Å²) in [4.78, 5) is 0. The molecule has 0 aliphatic carbocycles. The molecule has 1 N–H and O–H groups in total. The van der Waals surface area contributed by atoms with Gasteiger partial charge in [-0.2, -0.15) is 12.3 Å². The van der Waals surface area contributed by atoms with Crippen LogP contribution in [0, 0.1) is 19.8 Å². The molecule has 1 aliphatic heterocycles. The van der Waals surface area contributed by atoms with E-state index in [1.165, 1.54) is 12.8 Å². The van der Waals surface area contributed by atoms with E-state index >= 15 is 0 Å². The topological polar surface area (TPSA) is 12.0 Å². The first-order chi connectivity index (χ1) is 4.34. The van der Waals surface area contributed by atoms with Gasteiger partial charge in [0.1, 0.15) is 0 Å². The molecular formula is C8H15NY-2. The van der Waals surface area contributed by atoms with Crippen LogP contribution in [-0.2, 0) is 32.7 Å². The summed E-state index contributed by atoms with van der Waals surface area (Å²) in [6.45, 7) is 9.06. The molecule has 1 rings (SSSR count). The zero-order chi connectivity index (χ0) is 6.69. The smallest absolute Gasteiger partial charge is 0 e. The fraction of sp³-hybridized carbons (Fsp3) is 0.750. The van der Waals surface area contributed by atoms with Gasteiger partial charge in [0, 0.05) is 32.7 Å². The molecule has 1 saturated heterocycles. The van der Waals surface area contributed by atoms with E-state index in [4.69, 9.17) is 0 Å². The van der Waals surface area contributed by atoms with Gasteiger partial charge in [-0.1, -0.05) is 6.42 Å². The first kappa shape index (κ1) is 11.1. The normalized spacial score (nSPS) is 33.0. The molecule has 0 aromatic heterocycles. The van der Waals surface area contributed by atoms with Gasteiger partial charge >= 0.3 is 0 Å². The van der Waals surface area contributed by atoms with Gasteiger partial charge in [-0.3, -0.25) is 0 Å². The van der Waals surface area contributed by atoms with E-state index in [0.29, 0.717) is 12.0 Å². The van der Waals surface area contributed by atoms with Crippen molar-refractivity contribution in [2.75, 3.05) is 6.54 Å². The van der Waals surface area contributed by atoms with Crippen LogP contribution in [0.15, 0.2) is 0 Å². The summed E-state index contributed by atoms with van der Waals surface area (Å²) in [5.74, 6) is 0.594. The predicted molar refractivity (Wildman–Crippen MR) is 39.8 cm³/mol. The Morgan fingerprint density at radius 1 is 1.50 bits per heavy atom. The van der Waals surface area contributed by atoms with Crippen molar-refractivity contribution in [2.24, 2.45) is 5.92 Å². The molecule has 1 aliphatic rings.